The first-order valence-electron chi connectivity index (χ1n) is 11.8. The SMILES string of the molecule is CCOC(=O)[C@H](Cc1ccc(NC(=O)c2c(Cl)cccc2Cl)cc1)NC(=O)/C(=N/OC)c1ccc(SC)cc1. The number of rotatable bonds is 11. The van der Waals surface area contributed by atoms with Crippen LogP contribution in [0.15, 0.2) is 76.8 Å². The highest BCUT2D eigenvalue weighted by atomic mass is 35.5. The van der Waals surface area contributed by atoms with Gasteiger partial charge in [0.2, 0.25) is 0 Å². The quantitative estimate of drug-likeness (QED) is 0.131. The van der Waals surface area contributed by atoms with E-state index in [-0.39, 0.29) is 34.3 Å². The maximum atomic E-state index is 13.2. The summed E-state index contributed by atoms with van der Waals surface area (Å²) in [6, 6.07) is 17.9. The van der Waals surface area contributed by atoms with Crippen molar-refractivity contribution in [3.8, 4) is 0 Å². The number of carbonyl (C=O) groups is 3. The molecule has 0 unspecified atom stereocenters. The average molecular weight is 589 g/mol. The van der Waals surface area contributed by atoms with Crippen LogP contribution >= 0.6 is 35.0 Å². The fourth-order valence-electron chi connectivity index (χ4n) is 3.60. The fourth-order valence-corrected chi connectivity index (χ4v) is 4.57. The molecule has 3 aromatic carbocycles. The van der Waals surface area contributed by atoms with Crippen LogP contribution in [0.25, 0.3) is 0 Å². The number of benzene rings is 3. The zero-order valence-corrected chi connectivity index (χ0v) is 23.8. The molecule has 2 amide bonds. The van der Waals surface area contributed by atoms with Crippen molar-refractivity contribution >= 4 is 64.1 Å². The molecule has 0 heterocycles. The second-order valence-corrected chi connectivity index (χ2v) is 9.77. The van der Waals surface area contributed by atoms with Crippen molar-refractivity contribution in [3.05, 3.63) is 93.5 Å². The minimum absolute atomic E-state index is 0.0238. The number of hydrogen-bond donors (Lipinski definition) is 2. The van der Waals surface area contributed by atoms with Gasteiger partial charge in [-0.15, -0.1) is 11.8 Å². The van der Waals surface area contributed by atoms with E-state index in [2.05, 4.69) is 15.8 Å². The number of oxime groups is 1. The maximum absolute atomic E-state index is 13.2. The zero-order chi connectivity index (χ0) is 28.4. The van der Waals surface area contributed by atoms with Gasteiger partial charge in [0.25, 0.3) is 11.8 Å². The number of anilines is 1. The van der Waals surface area contributed by atoms with Gasteiger partial charge < -0.3 is 20.2 Å². The molecule has 39 heavy (non-hydrogen) atoms. The molecule has 0 aliphatic carbocycles. The highest BCUT2D eigenvalue weighted by Crippen LogP contribution is 2.25. The van der Waals surface area contributed by atoms with Gasteiger partial charge in [0.05, 0.1) is 22.2 Å². The number of halogens is 2. The molecule has 11 heteroatoms. The molecule has 0 bridgehead atoms. The number of thioether (sulfide) groups is 1. The smallest absolute Gasteiger partial charge is 0.328 e. The van der Waals surface area contributed by atoms with E-state index >= 15 is 0 Å². The summed E-state index contributed by atoms with van der Waals surface area (Å²) in [4.78, 5) is 44.5. The zero-order valence-electron chi connectivity index (χ0n) is 21.5. The number of ether oxygens (including phenoxy) is 1. The van der Waals surface area contributed by atoms with Crippen LogP contribution in [0.3, 0.4) is 0 Å². The van der Waals surface area contributed by atoms with Gasteiger partial charge in [0.15, 0.2) is 5.71 Å². The standard InChI is InChI=1S/C28H27Cl2N3O5S/c1-4-38-28(36)23(32-27(35)25(33-37-2)18-10-14-20(39-3)15-11-18)16-17-8-12-19(13-9-17)31-26(34)24-21(29)6-5-7-22(24)30/h5-15,23H,4,16H2,1-3H3,(H,31,34)(H,32,35)/b33-25+/t23-/m0/s1. The van der Waals surface area contributed by atoms with Crippen LogP contribution in [0.2, 0.25) is 10.0 Å². The Bertz CT molecular complexity index is 1330. The maximum Gasteiger partial charge on any atom is 0.328 e. The fraction of sp³-hybridized carbons (Fsp3) is 0.214. The number of nitrogens with zero attached hydrogens (tertiary/aromatic N) is 1. The first-order chi connectivity index (χ1) is 18.8. The third-order valence-corrected chi connectivity index (χ3v) is 6.85. The Kier molecular flexibility index (Phi) is 11.2. The Morgan fingerprint density at radius 1 is 0.974 bits per heavy atom. The summed E-state index contributed by atoms with van der Waals surface area (Å²) in [7, 11) is 1.34. The minimum atomic E-state index is -0.993. The summed E-state index contributed by atoms with van der Waals surface area (Å²) < 4.78 is 5.19. The van der Waals surface area contributed by atoms with Crippen molar-refractivity contribution < 1.29 is 24.0 Å². The summed E-state index contributed by atoms with van der Waals surface area (Å²) in [6.45, 7) is 1.83. The van der Waals surface area contributed by atoms with E-state index in [1.54, 1.807) is 73.3 Å². The molecule has 1 atom stereocenters. The summed E-state index contributed by atoms with van der Waals surface area (Å²) in [6.07, 6.45) is 2.09. The van der Waals surface area contributed by atoms with Crippen LogP contribution < -0.4 is 10.6 Å². The van der Waals surface area contributed by atoms with E-state index in [1.165, 1.54) is 7.11 Å². The second-order valence-electron chi connectivity index (χ2n) is 8.08. The van der Waals surface area contributed by atoms with Crippen LogP contribution in [-0.4, -0.2) is 49.5 Å². The van der Waals surface area contributed by atoms with Gasteiger partial charge in [-0.05, 0) is 55.1 Å². The van der Waals surface area contributed by atoms with E-state index in [0.717, 1.165) is 10.5 Å². The van der Waals surface area contributed by atoms with E-state index in [9.17, 15) is 14.4 Å². The molecule has 3 aromatic rings. The van der Waals surface area contributed by atoms with E-state index < -0.39 is 23.8 Å². The van der Waals surface area contributed by atoms with Crippen LogP contribution in [0.1, 0.15) is 28.4 Å². The lowest BCUT2D eigenvalue weighted by atomic mass is 10.0. The average Bonchev–Trinajstić information content (AvgIpc) is 2.92. The molecule has 0 fully saturated rings. The lowest BCUT2D eigenvalue weighted by Gasteiger charge is -2.18. The summed E-state index contributed by atoms with van der Waals surface area (Å²) in [5.74, 6) is -1.64. The minimum Gasteiger partial charge on any atom is -0.464 e. The first-order valence-corrected chi connectivity index (χ1v) is 13.8. The summed E-state index contributed by atoms with van der Waals surface area (Å²) >= 11 is 13.8. The number of esters is 1. The molecule has 0 aliphatic rings. The van der Waals surface area contributed by atoms with E-state index in [4.69, 9.17) is 32.8 Å². The Morgan fingerprint density at radius 2 is 1.62 bits per heavy atom. The van der Waals surface area contributed by atoms with Crippen molar-refractivity contribution in [2.45, 2.75) is 24.3 Å². The van der Waals surface area contributed by atoms with Gasteiger partial charge in [-0.1, -0.05) is 58.7 Å². The molecule has 204 valence electrons. The molecule has 2 N–H and O–H groups in total. The molecule has 0 radical (unpaired) electrons. The summed E-state index contributed by atoms with van der Waals surface area (Å²) in [5.41, 5.74) is 1.95. The van der Waals surface area contributed by atoms with Gasteiger partial charge >= 0.3 is 5.97 Å². The van der Waals surface area contributed by atoms with Crippen molar-refractivity contribution in [2.75, 3.05) is 25.3 Å². The predicted octanol–water partition coefficient (Wildman–Crippen LogP) is 5.61. The van der Waals surface area contributed by atoms with Gasteiger partial charge in [-0.3, -0.25) is 9.59 Å². The Labute approximate surface area is 241 Å². The number of amides is 2. The molecular weight excluding hydrogens is 561 g/mol. The van der Waals surface area contributed by atoms with Gasteiger partial charge in [0, 0.05) is 22.6 Å². The predicted molar refractivity (Wildman–Crippen MR) is 155 cm³/mol. The molecule has 0 spiro atoms. The first kappa shape index (κ1) is 30.0. The normalized spacial score (nSPS) is 11.9. The second kappa shape index (κ2) is 14.6. The molecule has 3 rings (SSSR count). The number of nitrogens with one attached hydrogen (secondary N) is 2. The molecule has 0 saturated carbocycles. The van der Waals surface area contributed by atoms with Crippen molar-refractivity contribution in [3.63, 3.8) is 0 Å². The van der Waals surface area contributed by atoms with Crippen LogP contribution in [-0.2, 0) is 25.6 Å². The van der Waals surface area contributed by atoms with Crippen molar-refractivity contribution in [2.24, 2.45) is 5.16 Å². The third kappa shape index (κ3) is 8.23. The third-order valence-electron chi connectivity index (χ3n) is 5.48. The van der Waals surface area contributed by atoms with Crippen LogP contribution in [0.4, 0.5) is 5.69 Å². The molecule has 8 nitrogen and oxygen atoms in total. The topological polar surface area (TPSA) is 106 Å². The molecular formula is C28H27Cl2N3O5S. The number of hydrogen-bond acceptors (Lipinski definition) is 7. The van der Waals surface area contributed by atoms with Crippen molar-refractivity contribution in [1.82, 2.24) is 5.32 Å². The van der Waals surface area contributed by atoms with E-state index in [1.807, 2.05) is 18.4 Å². The molecule has 0 saturated heterocycles. The van der Waals surface area contributed by atoms with Crippen LogP contribution in [0, 0.1) is 0 Å². The van der Waals surface area contributed by atoms with Gasteiger partial charge in [-0.2, -0.15) is 0 Å². The monoisotopic (exact) mass is 587 g/mol. The van der Waals surface area contributed by atoms with Gasteiger partial charge in [0.1, 0.15) is 13.2 Å². The van der Waals surface area contributed by atoms with Crippen molar-refractivity contribution in [1.29, 1.82) is 0 Å². The molecule has 0 aromatic heterocycles. The molecule has 0 aliphatic heterocycles. The highest BCUT2D eigenvalue weighted by molar-refractivity contribution is 7.98. The van der Waals surface area contributed by atoms with Crippen LogP contribution in [0.5, 0.6) is 0 Å². The lowest BCUT2D eigenvalue weighted by Crippen LogP contribution is -2.46. The van der Waals surface area contributed by atoms with Gasteiger partial charge in [-0.25, -0.2) is 4.79 Å². The Balaban J connectivity index is 1.75. The lowest BCUT2D eigenvalue weighted by molar-refractivity contribution is -0.146. The Morgan fingerprint density at radius 3 is 2.18 bits per heavy atom. The Hall–Kier alpha value is -3.53. The largest absolute Gasteiger partial charge is 0.464 e. The summed E-state index contributed by atoms with van der Waals surface area (Å²) in [5, 5.41) is 9.82. The van der Waals surface area contributed by atoms with E-state index in [0.29, 0.717) is 11.3 Å². The number of carbonyl (C=O) groups excluding carboxylic acids is 3. The highest BCUT2D eigenvalue weighted by Gasteiger charge is 2.26.